The molecule has 0 fully saturated rings. The number of nitrogens with zero attached hydrogens (tertiary/aromatic N) is 1. The van der Waals surface area contributed by atoms with Crippen LogP contribution in [0.25, 0.3) is 0 Å². The highest BCUT2D eigenvalue weighted by atomic mass is 16.3. The molecule has 2 N–H and O–H groups in total. The summed E-state index contributed by atoms with van der Waals surface area (Å²) in [4.78, 5) is 13.0. The fourth-order valence-corrected chi connectivity index (χ4v) is 3.08. The van der Waals surface area contributed by atoms with Gasteiger partial charge in [0.15, 0.2) is 0 Å². The highest BCUT2D eigenvalue weighted by Gasteiger charge is 2.08. The molecule has 140 valence electrons. The SMILES string of the molecule is CCCCc1ccc(N(CCC)CCc2ccc(O)c(NC=O)c2)cc1. The van der Waals surface area contributed by atoms with Gasteiger partial charge in [-0.15, -0.1) is 0 Å². The van der Waals surface area contributed by atoms with Crippen LogP contribution in [0.2, 0.25) is 0 Å². The monoisotopic (exact) mass is 354 g/mol. The van der Waals surface area contributed by atoms with Crippen molar-refractivity contribution in [2.45, 2.75) is 46.0 Å². The molecule has 0 atom stereocenters. The Morgan fingerprint density at radius 3 is 2.35 bits per heavy atom. The quantitative estimate of drug-likeness (QED) is 0.452. The Labute approximate surface area is 156 Å². The Kier molecular flexibility index (Phi) is 8.00. The lowest BCUT2D eigenvalue weighted by Gasteiger charge is -2.25. The second-order valence-electron chi connectivity index (χ2n) is 6.62. The number of anilines is 2. The summed E-state index contributed by atoms with van der Waals surface area (Å²) in [5.74, 6) is 0.0916. The number of carbonyl (C=O) groups is 1. The predicted molar refractivity (Wildman–Crippen MR) is 109 cm³/mol. The number of aryl methyl sites for hydroxylation is 1. The van der Waals surface area contributed by atoms with E-state index in [1.807, 2.05) is 12.1 Å². The predicted octanol–water partition coefficient (Wildman–Crippen LogP) is 4.76. The number of phenolic OH excluding ortho intramolecular Hbond substituents is 1. The van der Waals surface area contributed by atoms with Crippen LogP contribution in [0.15, 0.2) is 42.5 Å². The van der Waals surface area contributed by atoms with E-state index in [-0.39, 0.29) is 5.75 Å². The van der Waals surface area contributed by atoms with Crippen LogP contribution in [0.3, 0.4) is 0 Å². The largest absolute Gasteiger partial charge is 0.506 e. The maximum Gasteiger partial charge on any atom is 0.211 e. The van der Waals surface area contributed by atoms with Crippen molar-refractivity contribution in [2.24, 2.45) is 0 Å². The van der Waals surface area contributed by atoms with Crippen LogP contribution < -0.4 is 10.2 Å². The van der Waals surface area contributed by atoms with Crippen molar-refractivity contribution in [3.8, 4) is 5.75 Å². The van der Waals surface area contributed by atoms with E-state index in [0.717, 1.165) is 37.9 Å². The summed E-state index contributed by atoms with van der Waals surface area (Å²) in [7, 11) is 0. The number of phenols is 1. The van der Waals surface area contributed by atoms with Gasteiger partial charge in [-0.05, 0) is 61.1 Å². The van der Waals surface area contributed by atoms with E-state index in [1.54, 1.807) is 6.07 Å². The standard InChI is InChI=1S/C22H30N2O2/c1-3-5-6-18-7-10-20(11-8-18)24(14-4-2)15-13-19-9-12-22(26)21(16-19)23-17-25/h7-12,16-17,26H,3-6,13-15H2,1-2H3,(H,23,25). The van der Waals surface area contributed by atoms with Crippen molar-refractivity contribution in [3.05, 3.63) is 53.6 Å². The molecule has 4 heteroatoms. The molecule has 2 aromatic carbocycles. The van der Waals surface area contributed by atoms with Gasteiger partial charge in [0.2, 0.25) is 6.41 Å². The summed E-state index contributed by atoms with van der Waals surface area (Å²) in [5, 5.41) is 12.3. The van der Waals surface area contributed by atoms with Gasteiger partial charge in [0, 0.05) is 18.8 Å². The second-order valence-corrected chi connectivity index (χ2v) is 6.62. The molecule has 0 radical (unpaired) electrons. The molecule has 0 saturated carbocycles. The zero-order valence-electron chi connectivity index (χ0n) is 15.9. The molecule has 0 aliphatic rings. The molecule has 0 aliphatic carbocycles. The minimum atomic E-state index is 0.0916. The maximum absolute atomic E-state index is 10.6. The van der Waals surface area contributed by atoms with Gasteiger partial charge in [-0.2, -0.15) is 0 Å². The first-order chi connectivity index (χ1) is 12.7. The molecule has 0 saturated heterocycles. The highest BCUT2D eigenvalue weighted by Crippen LogP contribution is 2.24. The van der Waals surface area contributed by atoms with Gasteiger partial charge in [-0.3, -0.25) is 4.79 Å². The van der Waals surface area contributed by atoms with Crippen molar-refractivity contribution >= 4 is 17.8 Å². The third-order valence-electron chi connectivity index (χ3n) is 4.56. The van der Waals surface area contributed by atoms with E-state index in [9.17, 15) is 9.90 Å². The molecule has 26 heavy (non-hydrogen) atoms. The summed E-state index contributed by atoms with van der Waals surface area (Å²) in [6.07, 6.45) is 6.12. The molecular formula is C22H30N2O2. The Balaban J connectivity index is 2.03. The number of nitrogens with one attached hydrogen (secondary N) is 1. The smallest absolute Gasteiger partial charge is 0.211 e. The number of carbonyl (C=O) groups excluding carboxylic acids is 1. The molecule has 0 unspecified atom stereocenters. The van der Waals surface area contributed by atoms with E-state index >= 15 is 0 Å². The topological polar surface area (TPSA) is 52.6 Å². The molecule has 0 aromatic heterocycles. The molecule has 4 nitrogen and oxygen atoms in total. The van der Waals surface area contributed by atoms with Crippen molar-refractivity contribution < 1.29 is 9.90 Å². The fourth-order valence-electron chi connectivity index (χ4n) is 3.08. The van der Waals surface area contributed by atoms with Crippen LogP contribution in [0.4, 0.5) is 11.4 Å². The van der Waals surface area contributed by atoms with Crippen LogP contribution in [-0.4, -0.2) is 24.6 Å². The minimum absolute atomic E-state index is 0.0916. The number of hydrogen-bond donors (Lipinski definition) is 2. The van der Waals surface area contributed by atoms with Gasteiger partial charge in [-0.1, -0.05) is 38.5 Å². The number of amides is 1. The summed E-state index contributed by atoms with van der Waals surface area (Å²) >= 11 is 0. The number of rotatable bonds is 11. The molecule has 0 aliphatic heterocycles. The molecule has 0 bridgehead atoms. The van der Waals surface area contributed by atoms with Crippen molar-refractivity contribution in [1.29, 1.82) is 0 Å². The molecular weight excluding hydrogens is 324 g/mol. The van der Waals surface area contributed by atoms with Gasteiger partial charge >= 0.3 is 0 Å². The first-order valence-electron chi connectivity index (χ1n) is 9.53. The van der Waals surface area contributed by atoms with Crippen LogP contribution in [-0.2, 0) is 17.6 Å². The molecule has 0 heterocycles. The van der Waals surface area contributed by atoms with Crippen molar-refractivity contribution in [3.63, 3.8) is 0 Å². The fraction of sp³-hybridized carbons (Fsp3) is 0.409. The van der Waals surface area contributed by atoms with E-state index in [1.165, 1.54) is 24.1 Å². The highest BCUT2D eigenvalue weighted by molar-refractivity contribution is 5.75. The summed E-state index contributed by atoms with van der Waals surface area (Å²) in [6.45, 7) is 6.31. The van der Waals surface area contributed by atoms with Crippen LogP contribution in [0.5, 0.6) is 5.75 Å². The number of hydrogen-bond acceptors (Lipinski definition) is 3. The molecule has 2 aromatic rings. The van der Waals surface area contributed by atoms with Crippen LogP contribution in [0, 0.1) is 0 Å². The molecule has 1 amide bonds. The maximum atomic E-state index is 10.6. The lowest BCUT2D eigenvalue weighted by atomic mass is 10.1. The zero-order chi connectivity index (χ0) is 18.8. The van der Waals surface area contributed by atoms with Crippen LogP contribution in [0.1, 0.15) is 44.2 Å². The van der Waals surface area contributed by atoms with Crippen LogP contribution >= 0.6 is 0 Å². The van der Waals surface area contributed by atoms with Crippen molar-refractivity contribution in [1.82, 2.24) is 0 Å². The average Bonchev–Trinajstić information content (AvgIpc) is 2.66. The first kappa shape index (κ1) is 19.8. The van der Waals surface area contributed by atoms with E-state index < -0.39 is 0 Å². The Bertz CT molecular complexity index is 683. The van der Waals surface area contributed by atoms with E-state index in [0.29, 0.717) is 12.1 Å². The second kappa shape index (κ2) is 10.5. The minimum Gasteiger partial charge on any atom is -0.506 e. The lowest BCUT2D eigenvalue weighted by Crippen LogP contribution is -2.26. The third-order valence-corrected chi connectivity index (χ3v) is 4.56. The van der Waals surface area contributed by atoms with Crippen molar-refractivity contribution in [2.75, 3.05) is 23.3 Å². The van der Waals surface area contributed by atoms with Gasteiger partial charge < -0.3 is 15.3 Å². The number of aromatic hydroxyl groups is 1. The third kappa shape index (κ3) is 5.80. The van der Waals surface area contributed by atoms with Gasteiger partial charge in [0.25, 0.3) is 0 Å². The summed E-state index contributed by atoms with van der Waals surface area (Å²) in [6, 6.07) is 14.3. The van der Waals surface area contributed by atoms with Gasteiger partial charge in [0.1, 0.15) is 5.75 Å². The normalized spacial score (nSPS) is 10.5. The summed E-state index contributed by atoms with van der Waals surface area (Å²) < 4.78 is 0. The first-order valence-corrected chi connectivity index (χ1v) is 9.53. The molecule has 2 rings (SSSR count). The zero-order valence-corrected chi connectivity index (χ0v) is 15.9. The van der Waals surface area contributed by atoms with Gasteiger partial charge in [-0.25, -0.2) is 0 Å². The lowest BCUT2D eigenvalue weighted by molar-refractivity contribution is -0.105. The van der Waals surface area contributed by atoms with E-state index in [2.05, 4.69) is 48.3 Å². The Hall–Kier alpha value is -2.49. The molecule has 0 spiro atoms. The Morgan fingerprint density at radius 2 is 1.69 bits per heavy atom. The summed E-state index contributed by atoms with van der Waals surface area (Å²) in [5.41, 5.74) is 4.19. The average molecular weight is 354 g/mol. The number of unbranched alkanes of at least 4 members (excludes halogenated alkanes) is 1. The number of benzene rings is 2. The van der Waals surface area contributed by atoms with Gasteiger partial charge in [0.05, 0.1) is 5.69 Å². The van der Waals surface area contributed by atoms with E-state index in [4.69, 9.17) is 0 Å². The Morgan fingerprint density at radius 1 is 0.962 bits per heavy atom.